The summed E-state index contributed by atoms with van der Waals surface area (Å²) >= 11 is 0. The maximum atomic E-state index is 12.4. The van der Waals surface area contributed by atoms with E-state index in [2.05, 4.69) is 5.32 Å². The third kappa shape index (κ3) is 2.30. The summed E-state index contributed by atoms with van der Waals surface area (Å²) in [6.07, 6.45) is 4.52. The Bertz CT molecular complexity index is 567. The molecule has 4 heteroatoms. The molecular formula is C16H19NO3. The zero-order chi connectivity index (χ0) is 14.3. The number of amides is 1. The number of rotatable bonds is 3. The molecule has 2 N–H and O–H groups in total. The molecule has 2 bridgehead atoms. The normalized spacial score (nSPS) is 27.6. The summed E-state index contributed by atoms with van der Waals surface area (Å²) in [5.74, 6) is 0.253. The Morgan fingerprint density at radius 3 is 2.65 bits per heavy atom. The first-order valence-electron chi connectivity index (χ1n) is 7.19. The number of carboxylic acids is 1. The van der Waals surface area contributed by atoms with Crippen molar-refractivity contribution >= 4 is 17.6 Å². The van der Waals surface area contributed by atoms with Crippen molar-refractivity contribution in [3.63, 3.8) is 0 Å². The molecule has 0 aromatic heterocycles. The van der Waals surface area contributed by atoms with Crippen LogP contribution in [0.4, 0.5) is 5.69 Å². The SMILES string of the molecule is Cc1ccc(NC(=O)[C@H]2C[C@H]3CC[C@@H]2C3)c(C(=O)O)c1. The highest BCUT2D eigenvalue weighted by Crippen LogP contribution is 2.48. The number of carbonyl (C=O) groups is 2. The molecule has 2 aliphatic carbocycles. The number of aromatic carboxylic acids is 1. The van der Waals surface area contributed by atoms with Gasteiger partial charge in [-0.3, -0.25) is 4.79 Å². The summed E-state index contributed by atoms with van der Waals surface area (Å²) < 4.78 is 0. The van der Waals surface area contributed by atoms with Crippen LogP contribution in [0.25, 0.3) is 0 Å². The number of aryl methyl sites for hydroxylation is 1. The summed E-state index contributed by atoms with van der Waals surface area (Å²) in [7, 11) is 0. The van der Waals surface area contributed by atoms with E-state index >= 15 is 0 Å². The van der Waals surface area contributed by atoms with Crippen LogP contribution in [-0.4, -0.2) is 17.0 Å². The zero-order valence-electron chi connectivity index (χ0n) is 11.6. The average Bonchev–Trinajstić information content (AvgIpc) is 3.03. The minimum absolute atomic E-state index is 0.0106. The average molecular weight is 273 g/mol. The molecule has 0 aliphatic heterocycles. The van der Waals surface area contributed by atoms with E-state index in [0.29, 0.717) is 17.5 Å². The van der Waals surface area contributed by atoms with E-state index < -0.39 is 5.97 Å². The highest BCUT2D eigenvalue weighted by atomic mass is 16.4. The van der Waals surface area contributed by atoms with Gasteiger partial charge in [-0.15, -0.1) is 0 Å². The van der Waals surface area contributed by atoms with Gasteiger partial charge in [-0.05, 0) is 50.2 Å². The first kappa shape index (κ1) is 13.2. The number of hydrogen-bond donors (Lipinski definition) is 2. The van der Waals surface area contributed by atoms with Crippen LogP contribution < -0.4 is 5.32 Å². The second kappa shape index (κ2) is 4.93. The predicted molar refractivity (Wildman–Crippen MR) is 75.7 cm³/mol. The Kier molecular flexibility index (Phi) is 3.24. The van der Waals surface area contributed by atoms with E-state index in [1.54, 1.807) is 12.1 Å². The van der Waals surface area contributed by atoms with E-state index in [9.17, 15) is 14.7 Å². The van der Waals surface area contributed by atoms with Crippen LogP contribution in [0.1, 0.15) is 41.6 Å². The highest BCUT2D eigenvalue weighted by molar-refractivity contribution is 6.01. The van der Waals surface area contributed by atoms with Crippen LogP contribution in [0.5, 0.6) is 0 Å². The number of fused-ring (bicyclic) bond motifs is 2. The molecule has 1 aromatic rings. The molecule has 3 atom stereocenters. The molecule has 0 unspecified atom stereocenters. The number of carbonyl (C=O) groups excluding carboxylic acids is 1. The summed E-state index contributed by atoms with van der Waals surface area (Å²) in [4.78, 5) is 23.6. The minimum atomic E-state index is -1.00. The molecule has 1 amide bonds. The zero-order valence-corrected chi connectivity index (χ0v) is 11.6. The van der Waals surface area contributed by atoms with Gasteiger partial charge >= 0.3 is 5.97 Å². The lowest BCUT2D eigenvalue weighted by Crippen LogP contribution is -2.27. The molecular weight excluding hydrogens is 254 g/mol. The smallest absolute Gasteiger partial charge is 0.337 e. The molecule has 20 heavy (non-hydrogen) atoms. The number of carboxylic acid groups (broad SMARTS) is 1. The molecule has 4 nitrogen and oxygen atoms in total. The number of anilines is 1. The highest BCUT2D eigenvalue weighted by Gasteiger charge is 2.43. The molecule has 0 spiro atoms. The van der Waals surface area contributed by atoms with Gasteiger partial charge in [-0.2, -0.15) is 0 Å². The molecule has 0 heterocycles. The molecule has 2 fully saturated rings. The monoisotopic (exact) mass is 273 g/mol. The fourth-order valence-electron chi connectivity index (χ4n) is 3.74. The second-order valence-electron chi connectivity index (χ2n) is 6.12. The van der Waals surface area contributed by atoms with Gasteiger partial charge in [0.15, 0.2) is 0 Å². The largest absolute Gasteiger partial charge is 0.478 e. The van der Waals surface area contributed by atoms with Gasteiger partial charge in [0.2, 0.25) is 5.91 Å². The van der Waals surface area contributed by atoms with E-state index in [-0.39, 0.29) is 17.4 Å². The van der Waals surface area contributed by atoms with Crippen LogP contribution in [0, 0.1) is 24.7 Å². The van der Waals surface area contributed by atoms with Gasteiger partial charge in [-0.1, -0.05) is 18.1 Å². The Labute approximate surface area is 118 Å². The summed E-state index contributed by atoms with van der Waals surface area (Å²) in [6.45, 7) is 1.84. The van der Waals surface area contributed by atoms with E-state index in [0.717, 1.165) is 24.8 Å². The fraction of sp³-hybridized carbons (Fsp3) is 0.500. The van der Waals surface area contributed by atoms with Crippen LogP contribution in [-0.2, 0) is 4.79 Å². The van der Waals surface area contributed by atoms with Crippen molar-refractivity contribution < 1.29 is 14.7 Å². The van der Waals surface area contributed by atoms with E-state index in [4.69, 9.17) is 0 Å². The minimum Gasteiger partial charge on any atom is -0.478 e. The maximum Gasteiger partial charge on any atom is 0.337 e. The van der Waals surface area contributed by atoms with Crippen LogP contribution >= 0.6 is 0 Å². The summed E-state index contributed by atoms with van der Waals surface area (Å²) in [5, 5.41) is 12.0. The molecule has 2 saturated carbocycles. The Morgan fingerprint density at radius 2 is 2.05 bits per heavy atom. The molecule has 2 aliphatic rings. The molecule has 106 valence electrons. The van der Waals surface area contributed by atoms with Crippen molar-refractivity contribution in [3.05, 3.63) is 29.3 Å². The van der Waals surface area contributed by atoms with Crippen molar-refractivity contribution in [1.82, 2.24) is 0 Å². The Morgan fingerprint density at radius 1 is 1.25 bits per heavy atom. The molecule has 1 aromatic carbocycles. The molecule has 3 rings (SSSR count). The van der Waals surface area contributed by atoms with Crippen molar-refractivity contribution in [2.45, 2.75) is 32.6 Å². The van der Waals surface area contributed by atoms with Crippen LogP contribution in [0.2, 0.25) is 0 Å². The Hall–Kier alpha value is -1.84. The van der Waals surface area contributed by atoms with Crippen molar-refractivity contribution in [2.24, 2.45) is 17.8 Å². The second-order valence-corrected chi connectivity index (χ2v) is 6.12. The topological polar surface area (TPSA) is 66.4 Å². The Balaban J connectivity index is 1.78. The van der Waals surface area contributed by atoms with Gasteiger partial charge < -0.3 is 10.4 Å². The van der Waals surface area contributed by atoms with Crippen LogP contribution in [0.3, 0.4) is 0 Å². The standard InChI is InChI=1S/C16H19NO3/c1-9-2-5-14(13(6-9)16(19)20)17-15(18)12-8-10-3-4-11(12)7-10/h2,5-6,10-12H,3-4,7-8H2,1H3,(H,17,18)(H,19,20)/t10-,11+,12-/m0/s1. The van der Waals surface area contributed by atoms with Gasteiger partial charge in [0.25, 0.3) is 0 Å². The first-order valence-corrected chi connectivity index (χ1v) is 7.19. The van der Waals surface area contributed by atoms with Crippen molar-refractivity contribution in [1.29, 1.82) is 0 Å². The van der Waals surface area contributed by atoms with Crippen LogP contribution in [0.15, 0.2) is 18.2 Å². The van der Waals surface area contributed by atoms with Crippen molar-refractivity contribution in [2.75, 3.05) is 5.32 Å². The number of hydrogen-bond acceptors (Lipinski definition) is 2. The van der Waals surface area contributed by atoms with Gasteiger partial charge in [0.1, 0.15) is 0 Å². The lowest BCUT2D eigenvalue weighted by Gasteiger charge is -2.21. The third-order valence-electron chi connectivity index (χ3n) is 4.74. The van der Waals surface area contributed by atoms with Gasteiger partial charge in [0.05, 0.1) is 11.3 Å². The fourth-order valence-corrected chi connectivity index (χ4v) is 3.74. The number of benzene rings is 1. The first-order chi connectivity index (χ1) is 9.54. The predicted octanol–water partition coefficient (Wildman–Crippen LogP) is 3.07. The molecule has 0 radical (unpaired) electrons. The maximum absolute atomic E-state index is 12.4. The van der Waals surface area contributed by atoms with Gasteiger partial charge in [0, 0.05) is 5.92 Å². The lowest BCUT2D eigenvalue weighted by molar-refractivity contribution is -0.121. The van der Waals surface area contributed by atoms with Crippen molar-refractivity contribution in [3.8, 4) is 0 Å². The summed E-state index contributed by atoms with van der Waals surface area (Å²) in [5.41, 5.74) is 1.46. The van der Waals surface area contributed by atoms with E-state index in [1.807, 2.05) is 13.0 Å². The summed E-state index contributed by atoms with van der Waals surface area (Å²) in [6, 6.07) is 5.10. The molecule has 0 saturated heterocycles. The van der Waals surface area contributed by atoms with Gasteiger partial charge in [-0.25, -0.2) is 4.79 Å². The number of nitrogens with one attached hydrogen (secondary N) is 1. The quantitative estimate of drug-likeness (QED) is 0.889. The van der Waals surface area contributed by atoms with E-state index in [1.165, 1.54) is 6.42 Å². The third-order valence-corrected chi connectivity index (χ3v) is 4.74. The lowest BCUT2D eigenvalue weighted by atomic mass is 9.88.